The lowest BCUT2D eigenvalue weighted by atomic mass is 10.2. The molecule has 9 heteroatoms. The smallest absolute Gasteiger partial charge is 0.337 e. The maximum absolute atomic E-state index is 12.1. The predicted molar refractivity (Wildman–Crippen MR) is 79.3 cm³/mol. The van der Waals surface area contributed by atoms with Crippen LogP contribution in [0.5, 0.6) is 0 Å². The highest BCUT2D eigenvalue weighted by Gasteiger charge is 2.19. The van der Waals surface area contributed by atoms with Crippen molar-refractivity contribution < 1.29 is 19.5 Å². The van der Waals surface area contributed by atoms with Crippen molar-refractivity contribution in [1.82, 2.24) is 10.3 Å². The number of urea groups is 1. The number of hydrogen-bond acceptors (Lipinski definition) is 5. The van der Waals surface area contributed by atoms with Gasteiger partial charge >= 0.3 is 12.0 Å². The fourth-order valence-electron chi connectivity index (χ4n) is 1.53. The average molecular weight is 312 g/mol. The van der Waals surface area contributed by atoms with E-state index < -0.39 is 23.9 Å². The highest BCUT2D eigenvalue weighted by Crippen LogP contribution is 2.10. The molecule has 1 heterocycles. The number of thioether (sulfide) groups is 1. The number of nitrogens with two attached hydrogens (primary N) is 1. The van der Waals surface area contributed by atoms with Gasteiger partial charge in [0.2, 0.25) is 5.91 Å². The second kappa shape index (κ2) is 8.10. The van der Waals surface area contributed by atoms with Gasteiger partial charge < -0.3 is 21.5 Å². The van der Waals surface area contributed by atoms with E-state index in [1.165, 1.54) is 30.2 Å². The average Bonchev–Trinajstić information content (AvgIpc) is 2.43. The van der Waals surface area contributed by atoms with Gasteiger partial charge in [-0.1, -0.05) is 0 Å². The van der Waals surface area contributed by atoms with Crippen molar-refractivity contribution in [3.05, 3.63) is 24.0 Å². The summed E-state index contributed by atoms with van der Waals surface area (Å²) in [5.41, 5.74) is 5.22. The molecule has 3 amide bonds. The fraction of sp³-hybridized carbons (Fsp3) is 0.333. The van der Waals surface area contributed by atoms with Crippen molar-refractivity contribution >= 4 is 35.4 Å². The summed E-state index contributed by atoms with van der Waals surface area (Å²) in [4.78, 5) is 37.5. The minimum Gasteiger partial charge on any atom is -0.478 e. The van der Waals surface area contributed by atoms with Crippen LogP contribution in [0.25, 0.3) is 0 Å². The van der Waals surface area contributed by atoms with Gasteiger partial charge in [-0.3, -0.25) is 9.78 Å². The number of aromatic carboxylic acids is 1. The van der Waals surface area contributed by atoms with E-state index >= 15 is 0 Å². The van der Waals surface area contributed by atoms with E-state index in [-0.39, 0.29) is 11.3 Å². The molecule has 0 radical (unpaired) electrons. The lowest BCUT2D eigenvalue weighted by Gasteiger charge is -2.16. The number of rotatable bonds is 7. The number of nitrogens with one attached hydrogen (secondary N) is 2. The first-order valence-electron chi connectivity index (χ1n) is 5.98. The van der Waals surface area contributed by atoms with Crippen molar-refractivity contribution in [3.8, 4) is 0 Å². The summed E-state index contributed by atoms with van der Waals surface area (Å²) >= 11 is 1.52. The number of nitrogens with zero attached hydrogens (tertiary/aromatic N) is 1. The number of pyridine rings is 1. The van der Waals surface area contributed by atoms with Gasteiger partial charge in [0.25, 0.3) is 0 Å². The summed E-state index contributed by atoms with van der Waals surface area (Å²) in [5.74, 6) is -0.967. The van der Waals surface area contributed by atoms with Crippen LogP contribution in [0.4, 0.5) is 10.5 Å². The van der Waals surface area contributed by atoms with E-state index in [9.17, 15) is 14.4 Å². The quantitative estimate of drug-likeness (QED) is 0.579. The zero-order valence-corrected chi connectivity index (χ0v) is 12.1. The molecule has 0 aliphatic carbocycles. The maximum Gasteiger partial charge on any atom is 0.337 e. The van der Waals surface area contributed by atoms with Gasteiger partial charge in [0.05, 0.1) is 17.4 Å². The van der Waals surface area contributed by atoms with Crippen LogP contribution in [0, 0.1) is 0 Å². The van der Waals surface area contributed by atoms with Crippen LogP contribution in [0.15, 0.2) is 18.5 Å². The number of carboxylic acids is 1. The van der Waals surface area contributed by atoms with Gasteiger partial charge in [0.1, 0.15) is 6.04 Å². The zero-order valence-electron chi connectivity index (χ0n) is 11.3. The van der Waals surface area contributed by atoms with E-state index in [4.69, 9.17) is 10.8 Å². The maximum atomic E-state index is 12.1. The summed E-state index contributed by atoms with van der Waals surface area (Å²) in [7, 11) is 0. The molecule has 0 aromatic carbocycles. The van der Waals surface area contributed by atoms with Crippen LogP contribution in [-0.4, -0.2) is 46.0 Å². The minimum absolute atomic E-state index is 0.0451. The van der Waals surface area contributed by atoms with Crippen LogP contribution in [0.3, 0.4) is 0 Å². The number of hydrogen-bond donors (Lipinski definition) is 4. The van der Waals surface area contributed by atoms with Gasteiger partial charge in [0, 0.05) is 6.20 Å². The zero-order chi connectivity index (χ0) is 15.8. The number of anilines is 1. The van der Waals surface area contributed by atoms with Crippen molar-refractivity contribution in [3.63, 3.8) is 0 Å². The van der Waals surface area contributed by atoms with E-state index in [0.29, 0.717) is 12.2 Å². The van der Waals surface area contributed by atoms with E-state index in [0.717, 1.165) is 0 Å². The molecule has 0 saturated carbocycles. The highest BCUT2D eigenvalue weighted by atomic mass is 32.2. The second-order valence-electron chi connectivity index (χ2n) is 4.10. The van der Waals surface area contributed by atoms with Gasteiger partial charge in [-0.2, -0.15) is 11.8 Å². The van der Waals surface area contributed by atoms with Crippen molar-refractivity contribution in [2.75, 3.05) is 17.3 Å². The summed E-state index contributed by atoms with van der Waals surface area (Å²) in [6.07, 6.45) is 4.77. The summed E-state index contributed by atoms with van der Waals surface area (Å²) < 4.78 is 0. The molecule has 0 bridgehead atoms. The molecule has 0 saturated heterocycles. The Morgan fingerprint density at radius 2 is 2.14 bits per heavy atom. The standard InChI is InChI=1S/C12H16N4O4S/c1-21-3-2-9(16-12(13)20)10(17)15-8-4-7(11(18)19)5-14-6-8/h4-6,9H,2-3H2,1H3,(H,15,17)(H,18,19)(H3,13,16,20). The number of carbonyl (C=O) groups is 3. The molecule has 0 aliphatic heterocycles. The third-order valence-corrected chi connectivity index (χ3v) is 3.14. The van der Waals surface area contributed by atoms with Gasteiger partial charge in [-0.15, -0.1) is 0 Å². The molecule has 1 aromatic rings. The first kappa shape index (κ1) is 16.8. The van der Waals surface area contributed by atoms with Gasteiger partial charge in [-0.05, 0) is 24.5 Å². The molecule has 0 aliphatic rings. The molecule has 114 valence electrons. The number of carbonyl (C=O) groups excluding carboxylic acids is 2. The Balaban J connectivity index is 2.77. The van der Waals surface area contributed by atoms with Gasteiger partial charge in [-0.25, -0.2) is 9.59 Å². The second-order valence-corrected chi connectivity index (χ2v) is 5.08. The van der Waals surface area contributed by atoms with Crippen LogP contribution in [0.1, 0.15) is 16.8 Å². The molecule has 1 unspecified atom stereocenters. The number of aromatic nitrogens is 1. The molecule has 8 nitrogen and oxygen atoms in total. The predicted octanol–water partition coefficient (Wildman–Crippen LogP) is 0.508. The Hall–Kier alpha value is -2.29. The molecule has 5 N–H and O–H groups in total. The van der Waals surface area contributed by atoms with E-state index in [2.05, 4.69) is 15.6 Å². The van der Waals surface area contributed by atoms with Crippen LogP contribution in [-0.2, 0) is 4.79 Å². The molecule has 1 rings (SSSR count). The molecule has 0 fully saturated rings. The Labute approximate surface area is 125 Å². The van der Waals surface area contributed by atoms with Crippen molar-refractivity contribution in [2.24, 2.45) is 5.73 Å². The molecule has 21 heavy (non-hydrogen) atoms. The number of amides is 3. The lowest BCUT2D eigenvalue weighted by Crippen LogP contribution is -2.46. The van der Waals surface area contributed by atoms with E-state index in [1.807, 2.05) is 6.26 Å². The van der Waals surface area contributed by atoms with Crippen LogP contribution < -0.4 is 16.4 Å². The van der Waals surface area contributed by atoms with Crippen LogP contribution >= 0.6 is 11.8 Å². The monoisotopic (exact) mass is 312 g/mol. The summed E-state index contributed by atoms with van der Waals surface area (Å²) in [5, 5.41) is 13.7. The minimum atomic E-state index is -1.15. The number of carboxylic acid groups (broad SMARTS) is 1. The topological polar surface area (TPSA) is 134 Å². The molecular weight excluding hydrogens is 296 g/mol. The Bertz CT molecular complexity index is 538. The molecular formula is C12H16N4O4S. The summed E-state index contributed by atoms with van der Waals surface area (Å²) in [6, 6.07) is -0.305. The molecule has 1 aromatic heterocycles. The van der Waals surface area contributed by atoms with Crippen LogP contribution in [0.2, 0.25) is 0 Å². The molecule has 0 spiro atoms. The fourth-order valence-corrected chi connectivity index (χ4v) is 2.00. The Kier molecular flexibility index (Phi) is 6.47. The van der Waals surface area contributed by atoms with E-state index in [1.54, 1.807) is 0 Å². The Morgan fingerprint density at radius 1 is 1.43 bits per heavy atom. The summed E-state index contributed by atoms with van der Waals surface area (Å²) in [6.45, 7) is 0. The molecule has 1 atom stereocenters. The van der Waals surface area contributed by atoms with Crippen molar-refractivity contribution in [1.29, 1.82) is 0 Å². The first-order valence-corrected chi connectivity index (χ1v) is 7.37. The number of primary amides is 1. The highest BCUT2D eigenvalue weighted by molar-refractivity contribution is 7.98. The third kappa shape index (κ3) is 5.69. The largest absolute Gasteiger partial charge is 0.478 e. The third-order valence-electron chi connectivity index (χ3n) is 2.50. The first-order chi connectivity index (χ1) is 9.93. The lowest BCUT2D eigenvalue weighted by molar-refractivity contribution is -0.117. The SMILES string of the molecule is CSCCC(NC(N)=O)C(=O)Nc1cncc(C(=O)O)c1. The van der Waals surface area contributed by atoms with Gasteiger partial charge in [0.15, 0.2) is 0 Å². The Morgan fingerprint density at radius 3 is 2.71 bits per heavy atom. The van der Waals surface area contributed by atoms with Crippen molar-refractivity contribution in [2.45, 2.75) is 12.5 Å². The normalized spacial score (nSPS) is 11.5.